The molecule has 2 amide bonds. The largest absolute Gasteiger partial charge is 0.354 e. The molecule has 0 saturated carbocycles. The second-order valence-corrected chi connectivity index (χ2v) is 12.9. The molecular formula is C31H37Cl2N3O4S. The molecule has 0 bridgehead atoms. The second kappa shape index (κ2) is 14.7. The maximum absolute atomic E-state index is 14.1. The number of rotatable bonds is 13. The van der Waals surface area contributed by atoms with E-state index in [1.807, 2.05) is 57.2 Å². The fraction of sp³-hybridized carbons (Fsp3) is 0.355. The van der Waals surface area contributed by atoms with Crippen LogP contribution < -0.4 is 9.62 Å². The van der Waals surface area contributed by atoms with Crippen molar-refractivity contribution in [3.05, 3.63) is 99.0 Å². The molecule has 0 aliphatic rings. The summed E-state index contributed by atoms with van der Waals surface area (Å²) < 4.78 is 27.0. The van der Waals surface area contributed by atoms with Crippen molar-refractivity contribution in [1.29, 1.82) is 0 Å². The molecule has 0 aromatic heterocycles. The van der Waals surface area contributed by atoms with Crippen molar-refractivity contribution in [1.82, 2.24) is 10.2 Å². The van der Waals surface area contributed by atoms with E-state index in [2.05, 4.69) is 5.32 Å². The van der Waals surface area contributed by atoms with Gasteiger partial charge in [0.1, 0.15) is 12.6 Å². The van der Waals surface area contributed by atoms with Gasteiger partial charge in [0.2, 0.25) is 21.8 Å². The highest BCUT2D eigenvalue weighted by Gasteiger charge is 2.33. The number of aryl methyl sites for hydroxylation is 2. The van der Waals surface area contributed by atoms with E-state index < -0.39 is 28.5 Å². The molecule has 0 fully saturated rings. The van der Waals surface area contributed by atoms with Gasteiger partial charge in [-0.3, -0.25) is 13.9 Å². The number of amides is 2. The number of anilines is 1. The molecule has 0 aliphatic heterocycles. The molecule has 0 heterocycles. The van der Waals surface area contributed by atoms with Crippen LogP contribution >= 0.6 is 23.2 Å². The molecule has 0 saturated heterocycles. The summed E-state index contributed by atoms with van der Waals surface area (Å²) in [4.78, 5) is 29.2. The van der Waals surface area contributed by atoms with E-state index in [0.29, 0.717) is 27.8 Å². The van der Waals surface area contributed by atoms with E-state index in [1.165, 1.54) is 4.90 Å². The lowest BCUT2D eigenvalue weighted by Gasteiger charge is -2.33. The molecular weight excluding hydrogens is 581 g/mol. The summed E-state index contributed by atoms with van der Waals surface area (Å²) in [6, 6.07) is 18.7. The molecule has 41 heavy (non-hydrogen) atoms. The van der Waals surface area contributed by atoms with Gasteiger partial charge in [0.25, 0.3) is 0 Å². The van der Waals surface area contributed by atoms with Gasteiger partial charge in [0.15, 0.2) is 0 Å². The summed E-state index contributed by atoms with van der Waals surface area (Å²) in [5.41, 5.74) is 3.71. The molecule has 10 heteroatoms. The van der Waals surface area contributed by atoms with Gasteiger partial charge in [0, 0.05) is 29.6 Å². The van der Waals surface area contributed by atoms with Crippen molar-refractivity contribution in [3.63, 3.8) is 0 Å². The van der Waals surface area contributed by atoms with Gasteiger partial charge >= 0.3 is 0 Å². The third kappa shape index (κ3) is 9.21. The topological polar surface area (TPSA) is 86.8 Å². The number of nitrogens with one attached hydrogen (secondary N) is 1. The predicted molar refractivity (Wildman–Crippen MR) is 167 cm³/mol. The summed E-state index contributed by atoms with van der Waals surface area (Å²) >= 11 is 12.6. The molecule has 1 atom stereocenters. The quantitative estimate of drug-likeness (QED) is 0.241. The number of sulfonamides is 1. The lowest BCUT2D eigenvalue weighted by atomic mass is 10.0. The van der Waals surface area contributed by atoms with Crippen molar-refractivity contribution in [2.24, 2.45) is 0 Å². The fourth-order valence-corrected chi connectivity index (χ4v) is 5.70. The Morgan fingerprint density at radius 2 is 1.66 bits per heavy atom. The minimum absolute atomic E-state index is 0.0158. The zero-order chi connectivity index (χ0) is 30.2. The number of unbranched alkanes of at least 4 members (excludes halogenated alkanes) is 1. The third-order valence-corrected chi connectivity index (χ3v) is 8.64. The van der Waals surface area contributed by atoms with E-state index in [4.69, 9.17) is 23.2 Å². The molecule has 220 valence electrons. The zero-order valence-electron chi connectivity index (χ0n) is 23.9. The molecule has 7 nitrogen and oxygen atoms in total. The van der Waals surface area contributed by atoms with Crippen molar-refractivity contribution in [3.8, 4) is 0 Å². The Kier molecular flexibility index (Phi) is 11.6. The Balaban J connectivity index is 2.07. The van der Waals surface area contributed by atoms with E-state index in [-0.39, 0.29) is 18.9 Å². The van der Waals surface area contributed by atoms with Crippen molar-refractivity contribution in [2.75, 3.05) is 23.7 Å². The van der Waals surface area contributed by atoms with Gasteiger partial charge in [-0.2, -0.15) is 0 Å². The van der Waals surface area contributed by atoms with Gasteiger partial charge in [-0.05, 0) is 66.8 Å². The SMILES string of the molecule is CCCCNC(=O)[C@@H](Cc1ccccc1)N(Cc1ccc(Cl)cc1Cl)C(=O)CN(c1ccc(C)c(C)c1)S(C)(=O)=O. The van der Waals surface area contributed by atoms with Crippen molar-refractivity contribution in [2.45, 2.75) is 52.6 Å². The number of carbonyl (C=O) groups excluding carboxylic acids is 2. The molecule has 3 aromatic carbocycles. The normalized spacial score (nSPS) is 12.0. The van der Waals surface area contributed by atoms with Gasteiger partial charge < -0.3 is 10.2 Å². The van der Waals surface area contributed by atoms with Crippen LogP contribution in [-0.4, -0.2) is 50.5 Å². The lowest BCUT2D eigenvalue weighted by Crippen LogP contribution is -2.53. The first-order valence-electron chi connectivity index (χ1n) is 13.5. The standard InChI is InChI=1S/C31H37Cl2N3O4S/c1-5-6-16-34-31(38)29(18-24-10-8-7-9-11-24)35(20-25-13-14-26(32)19-28(25)33)30(37)21-36(41(4,39)40)27-15-12-22(2)23(3)17-27/h7-15,17,19,29H,5-6,16,18,20-21H2,1-4H3,(H,34,38)/t29-/m1/s1. The van der Waals surface area contributed by atoms with Crippen LogP contribution in [-0.2, 0) is 32.6 Å². The number of halogens is 2. The van der Waals surface area contributed by atoms with Crippen LogP contribution in [0.2, 0.25) is 10.0 Å². The average molecular weight is 619 g/mol. The Morgan fingerprint density at radius 1 is 0.951 bits per heavy atom. The van der Waals surface area contributed by atoms with Crippen molar-refractivity contribution < 1.29 is 18.0 Å². The minimum Gasteiger partial charge on any atom is -0.354 e. The van der Waals surface area contributed by atoms with Crippen LogP contribution in [0.5, 0.6) is 0 Å². The first kappa shape index (κ1) is 32.4. The Morgan fingerprint density at radius 3 is 2.27 bits per heavy atom. The highest BCUT2D eigenvalue weighted by atomic mass is 35.5. The monoisotopic (exact) mass is 617 g/mol. The summed E-state index contributed by atoms with van der Waals surface area (Å²) in [5.74, 6) is -0.857. The Hall–Kier alpha value is -3.07. The highest BCUT2D eigenvalue weighted by molar-refractivity contribution is 7.92. The van der Waals surface area contributed by atoms with Crippen LogP contribution in [0.1, 0.15) is 42.0 Å². The molecule has 3 rings (SSSR count). The number of hydrogen-bond donors (Lipinski definition) is 1. The summed E-state index contributed by atoms with van der Waals surface area (Å²) in [7, 11) is -3.84. The summed E-state index contributed by atoms with van der Waals surface area (Å²) in [5, 5.41) is 3.74. The van der Waals surface area contributed by atoms with Gasteiger partial charge in [-0.15, -0.1) is 0 Å². The molecule has 0 spiro atoms. The summed E-state index contributed by atoms with van der Waals surface area (Å²) in [6.07, 6.45) is 2.98. The van der Waals surface area contributed by atoms with Crippen LogP contribution in [0, 0.1) is 13.8 Å². The molecule has 0 unspecified atom stereocenters. The molecule has 3 aromatic rings. The maximum atomic E-state index is 14.1. The Bertz CT molecular complexity index is 1470. The molecule has 1 N–H and O–H groups in total. The lowest BCUT2D eigenvalue weighted by molar-refractivity contribution is -0.140. The number of hydrogen-bond acceptors (Lipinski definition) is 4. The Labute approximate surface area is 253 Å². The first-order valence-corrected chi connectivity index (χ1v) is 16.1. The number of carbonyl (C=O) groups is 2. The molecule has 0 radical (unpaired) electrons. The van der Waals surface area contributed by atoms with Crippen LogP contribution in [0.3, 0.4) is 0 Å². The molecule has 0 aliphatic carbocycles. The van der Waals surface area contributed by atoms with Crippen LogP contribution in [0.15, 0.2) is 66.7 Å². The zero-order valence-corrected chi connectivity index (χ0v) is 26.2. The fourth-order valence-electron chi connectivity index (χ4n) is 4.39. The van der Waals surface area contributed by atoms with Gasteiger partial charge in [-0.1, -0.05) is 79.0 Å². The maximum Gasteiger partial charge on any atom is 0.244 e. The van der Waals surface area contributed by atoms with Gasteiger partial charge in [-0.25, -0.2) is 8.42 Å². The van der Waals surface area contributed by atoms with Crippen LogP contribution in [0.4, 0.5) is 5.69 Å². The van der Waals surface area contributed by atoms with E-state index in [1.54, 1.807) is 30.3 Å². The summed E-state index contributed by atoms with van der Waals surface area (Å²) in [6.45, 7) is 5.80. The van der Waals surface area contributed by atoms with Gasteiger partial charge in [0.05, 0.1) is 11.9 Å². The van der Waals surface area contributed by atoms with E-state index in [9.17, 15) is 18.0 Å². The van der Waals surface area contributed by atoms with E-state index in [0.717, 1.165) is 40.1 Å². The average Bonchev–Trinajstić information content (AvgIpc) is 2.92. The van der Waals surface area contributed by atoms with Crippen molar-refractivity contribution >= 4 is 50.7 Å². The third-order valence-electron chi connectivity index (χ3n) is 6.91. The number of benzene rings is 3. The van der Waals surface area contributed by atoms with Crippen LogP contribution in [0.25, 0.3) is 0 Å². The van der Waals surface area contributed by atoms with E-state index >= 15 is 0 Å². The smallest absolute Gasteiger partial charge is 0.244 e. The minimum atomic E-state index is -3.84. The number of nitrogens with zero attached hydrogens (tertiary/aromatic N) is 2. The predicted octanol–water partition coefficient (Wildman–Crippen LogP) is 5.93. The highest BCUT2D eigenvalue weighted by Crippen LogP contribution is 2.26. The second-order valence-electron chi connectivity index (χ2n) is 10.1. The first-order chi connectivity index (χ1) is 19.4.